The fraction of sp³-hybridized carbons (Fsp3) is 0.174. The largest absolute Gasteiger partial charge is 0.437 e. The van der Waals surface area contributed by atoms with Crippen LogP contribution in [0.4, 0.5) is 5.69 Å². The van der Waals surface area contributed by atoms with Gasteiger partial charge >= 0.3 is 0 Å². The fourth-order valence-corrected chi connectivity index (χ4v) is 3.97. The van der Waals surface area contributed by atoms with Crippen molar-refractivity contribution in [1.29, 1.82) is 0 Å². The number of nitro groups is 1. The lowest BCUT2D eigenvalue weighted by atomic mass is 9.72. The van der Waals surface area contributed by atoms with Crippen LogP contribution in [-0.2, 0) is 5.54 Å². The van der Waals surface area contributed by atoms with Crippen molar-refractivity contribution in [3.8, 4) is 22.5 Å². The van der Waals surface area contributed by atoms with Crippen molar-refractivity contribution in [3.05, 3.63) is 82.5 Å². The summed E-state index contributed by atoms with van der Waals surface area (Å²) in [5.41, 5.74) is 10.3. The van der Waals surface area contributed by atoms with Gasteiger partial charge in [0.15, 0.2) is 0 Å². The van der Waals surface area contributed by atoms with E-state index < -0.39 is 4.92 Å². The molecule has 0 atom stereocenters. The average Bonchev–Trinajstić information content (AvgIpc) is 3.11. The van der Waals surface area contributed by atoms with Gasteiger partial charge in [-0.25, -0.2) is 4.98 Å². The van der Waals surface area contributed by atoms with E-state index in [9.17, 15) is 10.1 Å². The van der Waals surface area contributed by atoms with Gasteiger partial charge < -0.3 is 10.2 Å². The van der Waals surface area contributed by atoms with E-state index in [0.717, 1.165) is 41.5 Å². The first kappa shape index (κ1) is 22.7. The summed E-state index contributed by atoms with van der Waals surface area (Å²) in [6.45, 7) is 0. The standard InChI is InChI=1S/C23H19N3O3.2ClH/c24-23(11-4-12-23)17-9-7-16(8-10-17)21-20(15-5-2-1-3-6-15)19-13-18(26(27)28)14-25-22(19)29-21;;/h1-3,5-10,13-14H,4,11-12,24H2;2*1H. The van der Waals surface area contributed by atoms with Gasteiger partial charge in [-0.15, -0.1) is 24.8 Å². The van der Waals surface area contributed by atoms with Gasteiger partial charge in [0.1, 0.15) is 12.0 Å². The highest BCUT2D eigenvalue weighted by Gasteiger charge is 2.34. The maximum atomic E-state index is 11.3. The van der Waals surface area contributed by atoms with Gasteiger partial charge in [-0.05, 0) is 30.4 Å². The van der Waals surface area contributed by atoms with Gasteiger partial charge in [0.25, 0.3) is 5.69 Å². The topological polar surface area (TPSA) is 95.2 Å². The molecule has 6 nitrogen and oxygen atoms in total. The van der Waals surface area contributed by atoms with Crippen LogP contribution in [-0.4, -0.2) is 9.91 Å². The summed E-state index contributed by atoms with van der Waals surface area (Å²) in [5.74, 6) is 0.644. The third-order valence-electron chi connectivity index (χ3n) is 5.77. The molecule has 0 unspecified atom stereocenters. The number of benzene rings is 2. The zero-order chi connectivity index (χ0) is 20.0. The second-order valence-corrected chi connectivity index (χ2v) is 7.56. The molecule has 1 saturated carbocycles. The van der Waals surface area contributed by atoms with Gasteiger partial charge in [-0.1, -0.05) is 54.6 Å². The number of furan rings is 1. The van der Waals surface area contributed by atoms with E-state index in [0.29, 0.717) is 16.9 Å². The van der Waals surface area contributed by atoms with Crippen molar-refractivity contribution in [3.63, 3.8) is 0 Å². The van der Waals surface area contributed by atoms with Gasteiger partial charge in [-0.3, -0.25) is 10.1 Å². The highest BCUT2D eigenvalue weighted by atomic mass is 35.5. The Morgan fingerprint density at radius 2 is 1.68 bits per heavy atom. The highest BCUT2D eigenvalue weighted by molar-refractivity contribution is 6.01. The van der Waals surface area contributed by atoms with Crippen LogP contribution in [0, 0.1) is 10.1 Å². The smallest absolute Gasteiger partial charge is 0.288 e. The summed E-state index contributed by atoms with van der Waals surface area (Å²) >= 11 is 0. The first-order valence-electron chi connectivity index (χ1n) is 9.57. The summed E-state index contributed by atoms with van der Waals surface area (Å²) in [4.78, 5) is 15.0. The van der Waals surface area contributed by atoms with E-state index in [1.54, 1.807) is 0 Å². The second-order valence-electron chi connectivity index (χ2n) is 7.56. The highest BCUT2D eigenvalue weighted by Crippen LogP contribution is 2.43. The van der Waals surface area contributed by atoms with E-state index in [1.807, 2.05) is 54.6 Å². The predicted molar refractivity (Wildman–Crippen MR) is 126 cm³/mol. The Hall–Kier alpha value is -2.93. The number of nitrogens with two attached hydrogens (primary N) is 1. The number of hydrogen-bond acceptors (Lipinski definition) is 5. The molecule has 160 valence electrons. The van der Waals surface area contributed by atoms with Crippen LogP contribution >= 0.6 is 24.8 Å². The number of halogens is 2. The van der Waals surface area contributed by atoms with Crippen molar-refractivity contribution in [1.82, 2.24) is 4.98 Å². The Morgan fingerprint density at radius 1 is 1.00 bits per heavy atom. The number of hydrogen-bond donors (Lipinski definition) is 1. The molecule has 2 aromatic heterocycles. The summed E-state index contributed by atoms with van der Waals surface area (Å²) in [5, 5.41) is 11.9. The summed E-state index contributed by atoms with van der Waals surface area (Å²) in [7, 11) is 0. The van der Waals surface area contributed by atoms with Crippen LogP contribution in [0.1, 0.15) is 24.8 Å². The molecule has 0 amide bonds. The predicted octanol–water partition coefficient (Wildman–Crippen LogP) is 6.25. The van der Waals surface area contributed by atoms with Crippen molar-refractivity contribution < 1.29 is 9.34 Å². The molecule has 1 aliphatic carbocycles. The lowest BCUT2D eigenvalue weighted by Gasteiger charge is -2.38. The Labute approximate surface area is 191 Å². The lowest BCUT2D eigenvalue weighted by Crippen LogP contribution is -2.43. The molecule has 0 bridgehead atoms. The van der Waals surface area contributed by atoms with E-state index in [2.05, 4.69) is 4.98 Å². The number of pyridine rings is 1. The van der Waals surface area contributed by atoms with Crippen LogP contribution in [0.5, 0.6) is 0 Å². The number of nitrogens with zero attached hydrogens (tertiary/aromatic N) is 2. The monoisotopic (exact) mass is 457 g/mol. The Bertz CT molecular complexity index is 1220. The van der Waals surface area contributed by atoms with Gasteiger partial charge in [0, 0.05) is 22.7 Å². The molecule has 0 saturated heterocycles. The third kappa shape index (κ3) is 3.90. The molecule has 2 N–H and O–H groups in total. The molecule has 2 heterocycles. The zero-order valence-electron chi connectivity index (χ0n) is 16.5. The van der Waals surface area contributed by atoms with Crippen LogP contribution < -0.4 is 5.73 Å². The summed E-state index contributed by atoms with van der Waals surface area (Å²) < 4.78 is 6.08. The SMILES string of the molecule is Cl.Cl.NC1(c2ccc(-c3oc4ncc([N+](=O)[O-])cc4c3-c3ccccc3)cc2)CCC1. The van der Waals surface area contributed by atoms with Crippen molar-refractivity contribution >= 4 is 41.6 Å². The Morgan fingerprint density at radius 3 is 2.26 bits per heavy atom. The maximum Gasteiger partial charge on any atom is 0.288 e. The summed E-state index contributed by atoms with van der Waals surface area (Å²) in [6, 6.07) is 19.3. The first-order chi connectivity index (χ1) is 14.0. The molecule has 1 fully saturated rings. The van der Waals surface area contributed by atoms with Crippen LogP contribution in [0.2, 0.25) is 0 Å². The zero-order valence-corrected chi connectivity index (χ0v) is 18.1. The molecule has 4 aromatic rings. The number of aromatic nitrogens is 1. The molecule has 2 aromatic carbocycles. The molecule has 1 aliphatic rings. The summed E-state index contributed by atoms with van der Waals surface area (Å²) in [6.07, 6.45) is 4.38. The van der Waals surface area contributed by atoms with Crippen LogP contribution in [0.3, 0.4) is 0 Å². The maximum absolute atomic E-state index is 11.3. The molecular weight excluding hydrogens is 437 g/mol. The molecule has 5 rings (SSSR count). The van der Waals surface area contributed by atoms with Crippen molar-refractivity contribution in [2.45, 2.75) is 24.8 Å². The number of fused-ring (bicyclic) bond motifs is 1. The number of rotatable bonds is 4. The van der Waals surface area contributed by atoms with Gasteiger partial charge in [0.05, 0.1) is 10.3 Å². The van der Waals surface area contributed by atoms with Crippen molar-refractivity contribution in [2.24, 2.45) is 5.73 Å². The minimum Gasteiger partial charge on any atom is -0.437 e. The first-order valence-corrected chi connectivity index (χ1v) is 9.57. The fourth-order valence-electron chi connectivity index (χ4n) is 3.97. The van der Waals surface area contributed by atoms with E-state index in [1.165, 1.54) is 12.3 Å². The van der Waals surface area contributed by atoms with Crippen LogP contribution in [0.25, 0.3) is 33.6 Å². The molecular formula is C23H21Cl2N3O3. The van der Waals surface area contributed by atoms with Crippen LogP contribution in [0.15, 0.2) is 71.3 Å². The molecule has 0 radical (unpaired) electrons. The van der Waals surface area contributed by atoms with Gasteiger partial charge in [-0.2, -0.15) is 0 Å². The molecule has 0 aliphatic heterocycles. The average molecular weight is 458 g/mol. The molecule has 31 heavy (non-hydrogen) atoms. The molecule has 0 spiro atoms. The second kappa shape index (κ2) is 8.67. The van der Waals surface area contributed by atoms with E-state index in [-0.39, 0.29) is 36.0 Å². The minimum absolute atomic E-state index is 0. The normalized spacial score (nSPS) is 14.2. The third-order valence-corrected chi connectivity index (χ3v) is 5.77. The lowest BCUT2D eigenvalue weighted by molar-refractivity contribution is -0.385. The quantitative estimate of drug-likeness (QED) is 0.288. The Kier molecular flexibility index (Phi) is 6.36. The van der Waals surface area contributed by atoms with Crippen molar-refractivity contribution in [2.75, 3.05) is 0 Å². The van der Waals surface area contributed by atoms with E-state index in [4.69, 9.17) is 10.2 Å². The van der Waals surface area contributed by atoms with Gasteiger partial charge in [0.2, 0.25) is 5.71 Å². The molecule has 8 heteroatoms. The Balaban J connectivity index is 0.00000136. The minimum atomic E-state index is -0.442. The van der Waals surface area contributed by atoms with E-state index >= 15 is 0 Å².